The van der Waals surface area contributed by atoms with Crippen LogP contribution in [0, 0.1) is 0 Å². The molecule has 0 saturated carbocycles. The van der Waals surface area contributed by atoms with Gasteiger partial charge >= 0.3 is 0 Å². The average molecular weight is 356 g/mol. The van der Waals surface area contributed by atoms with Crippen LogP contribution in [-0.2, 0) is 11.3 Å². The summed E-state index contributed by atoms with van der Waals surface area (Å²) in [6.45, 7) is 2.45. The first-order chi connectivity index (χ1) is 12.6. The first-order valence-electron chi connectivity index (χ1n) is 8.62. The van der Waals surface area contributed by atoms with Gasteiger partial charge < -0.3 is 14.5 Å². The first-order valence-corrected chi connectivity index (χ1v) is 8.62. The first kappa shape index (κ1) is 16.5. The van der Waals surface area contributed by atoms with Crippen LogP contribution in [0.3, 0.4) is 0 Å². The standard InChI is InChI=1S/C17H20N6O3/c1-26-15-5-4-12(7-18-15)17(25)22-10-14(11-22)23-9-13(19-20-23)8-21-6-2-3-16(21)24/h4-5,7,9,14H,2-3,6,8,10-11H2,1H3. The minimum Gasteiger partial charge on any atom is -0.481 e. The lowest BCUT2D eigenvalue weighted by Crippen LogP contribution is -2.50. The van der Waals surface area contributed by atoms with Crippen LogP contribution in [0.5, 0.6) is 5.88 Å². The summed E-state index contributed by atoms with van der Waals surface area (Å²) in [5, 5.41) is 8.31. The fourth-order valence-corrected chi connectivity index (χ4v) is 3.23. The summed E-state index contributed by atoms with van der Waals surface area (Å²) < 4.78 is 6.79. The Hall–Kier alpha value is -2.97. The number of methoxy groups -OCH3 is 1. The number of carbonyl (C=O) groups excluding carboxylic acids is 2. The Kier molecular flexibility index (Phi) is 4.27. The molecule has 0 unspecified atom stereocenters. The van der Waals surface area contributed by atoms with E-state index in [4.69, 9.17) is 4.74 Å². The Labute approximate surface area is 150 Å². The van der Waals surface area contributed by atoms with E-state index in [0.29, 0.717) is 37.5 Å². The number of likely N-dealkylation sites (tertiary alicyclic amines) is 2. The van der Waals surface area contributed by atoms with Crippen LogP contribution in [0.1, 0.15) is 34.9 Å². The van der Waals surface area contributed by atoms with E-state index in [2.05, 4.69) is 15.3 Å². The Bertz CT molecular complexity index is 812. The van der Waals surface area contributed by atoms with Crippen molar-refractivity contribution in [3.8, 4) is 5.88 Å². The van der Waals surface area contributed by atoms with Crippen molar-refractivity contribution in [2.45, 2.75) is 25.4 Å². The number of hydrogen-bond acceptors (Lipinski definition) is 6. The Morgan fingerprint density at radius 3 is 2.85 bits per heavy atom. The molecule has 0 aliphatic carbocycles. The Balaban J connectivity index is 1.33. The molecule has 4 rings (SSSR count). The number of nitrogens with zero attached hydrogens (tertiary/aromatic N) is 6. The number of carbonyl (C=O) groups is 2. The van der Waals surface area contributed by atoms with Crippen LogP contribution in [0.4, 0.5) is 0 Å². The molecule has 136 valence electrons. The SMILES string of the molecule is COc1ccc(C(=O)N2CC(n3cc(CN4CCCC4=O)nn3)C2)cn1. The van der Waals surface area contributed by atoms with E-state index in [9.17, 15) is 9.59 Å². The van der Waals surface area contributed by atoms with Gasteiger partial charge in [0.1, 0.15) is 5.69 Å². The highest BCUT2D eigenvalue weighted by molar-refractivity contribution is 5.94. The van der Waals surface area contributed by atoms with E-state index in [1.807, 2.05) is 11.1 Å². The summed E-state index contributed by atoms with van der Waals surface area (Å²) >= 11 is 0. The summed E-state index contributed by atoms with van der Waals surface area (Å²) in [7, 11) is 1.54. The van der Waals surface area contributed by atoms with Crippen LogP contribution < -0.4 is 4.74 Å². The number of hydrogen-bond donors (Lipinski definition) is 0. The smallest absolute Gasteiger partial charge is 0.255 e. The molecule has 0 radical (unpaired) electrons. The molecule has 2 aromatic heterocycles. The molecule has 0 aromatic carbocycles. The summed E-state index contributed by atoms with van der Waals surface area (Å²) in [6, 6.07) is 3.50. The highest BCUT2D eigenvalue weighted by Crippen LogP contribution is 2.23. The predicted octanol–water partition coefficient (Wildman–Crippen LogP) is 0.501. The lowest BCUT2D eigenvalue weighted by atomic mass is 10.1. The van der Waals surface area contributed by atoms with Crippen LogP contribution in [0.25, 0.3) is 0 Å². The van der Waals surface area contributed by atoms with Crippen molar-refractivity contribution in [2.75, 3.05) is 26.7 Å². The maximum absolute atomic E-state index is 12.4. The van der Waals surface area contributed by atoms with Crippen LogP contribution >= 0.6 is 0 Å². The zero-order chi connectivity index (χ0) is 18.1. The van der Waals surface area contributed by atoms with Crippen molar-refractivity contribution in [3.63, 3.8) is 0 Å². The molecule has 0 bridgehead atoms. The summed E-state index contributed by atoms with van der Waals surface area (Å²) in [5.74, 6) is 0.599. The van der Waals surface area contributed by atoms with Crippen LogP contribution in [0.15, 0.2) is 24.5 Å². The van der Waals surface area contributed by atoms with Gasteiger partial charge in [0.2, 0.25) is 11.8 Å². The third kappa shape index (κ3) is 3.12. The number of pyridine rings is 1. The molecule has 2 saturated heterocycles. The molecule has 9 nitrogen and oxygen atoms in total. The molecule has 26 heavy (non-hydrogen) atoms. The van der Waals surface area contributed by atoms with Crippen molar-refractivity contribution in [1.29, 1.82) is 0 Å². The molecular weight excluding hydrogens is 336 g/mol. The van der Waals surface area contributed by atoms with Gasteiger partial charge in [-0.05, 0) is 12.5 Å². The molecule has 2 aliphatic rings. The van der Waals surface area contributed by atoms with E-state index in [1.54, 1.807) is 21.7 Å². The second-order valence-electron chi connectivity index (χ2n) is 6.56. The van der Waals surface area contributed by atoms with Crippen LogP contribution in [-0.4, -0.2) is 68.3 Å². The molecule has 9 heteroatoms. The van der Waals surface area contributed by atoms with Crippen molar-refractivity contribution in [1.82, 2.24) is 29.8 Å². The van der Waals surface area contributed by atoms with Gasteiger partial charge in [0, 0.05) is 38.3 Å². The predicted molar refractivity (Wildman–Crippen MR) is 90.4 cm³/mol. The molecule has 2 aliphatic heterocycles. The van der Waals surface area contributed by atoms with Gasteiger partial charge in [-0.15, -0.1) is 5.10 Å². The van der Waals surface area contributed by atoms with Gasteiger partial charge in [-0.2, -0.15) is 0 Å². The monoisotopic (exact) mass is 356 g/mol. The lowest BCUT2D eigenvalue weighted by molar-refractivity contribution is -0.128. The zero-order valence-corrected chi connectivity index (χ0v) is 14.5. The van der Waals surface area contributed by atoms with E-state index >= 15 is 0 Å². The second kappa shape index (κ2) is 6.74. The van der Waals surface area contributed by atoms with Gasteiger partial charge in [0.15, 0.2) is 0 Å². The average Bonchev–Trinajstić information content (AvgIpc) is 3.24. The molecule has 0 N–H and O–H groups in total. The third-order valence-corrected chi connectivity index (χ3v) is 4.80. The molecule has 2 aromatic rings. The van der Waals surface area contributed by atoms with Gasteiger partial charge in [0.25, 0.3) is 5.91 Å². The molecular formula is C17H20N6O3. The number of rotatable bonds is 5. The largest absolute Gasteiger partial charge is 0.481 e. The van der Waals surface area contributed by atoms with Gasteiger partial charge in [-0.25, -0.2) is 9.67 Å². The van der Waals surface area contributed by atoms with Gasteiger partial charge in [-0.1, -0.05) is 5.21 Å². The van der Waals surface area contributed by atoms with Gasteiger partial charge in [-0.3, -0.25) is 9.59 Å². The summed E-state index contributed by atoms with van der Waals surface area (Å²) in [5.41, 5.74) is 1.32. The molecule has 0 atom stereocenters. The fraction of sp³-hybridized carbons (Fsp3) is 0.471. The third-order valence-electron chi connectivity index (χ3n) is 4.80. The zero-order valence-electron chi connectivity index (χ0n) is 14.5. The Morgan fingerprint density at radius 1 is 1.35 bits per heavy atom. The molecule has 4 heterocycles. The van der Waals surface area contributed by atoms with E-state index < -0.39 is 0 Å². The summed E-state index contributed by atoms with van der Waals surface area (Å²) in [6.07, 6.45) is 4.92. The van der Waals surface area contributed by atoms with Crippen molar-refractivity contribution in [2.24, 2.45) is 0 Å². The van der Waals surface area contributed by atoms with Gasteiger partial charge in [0.05, 0.1) is 31.5 Å². The minimum atomic E-state index is -0.0561. The summed E-state index contributed by atoms with van der Waals surface area (Å²) in [4.78, 5) is 31.7. The topological polar surface area (TPSA) is 93.5 Å². The molecule has 2 amide bonds. The van der Waals surface area contributed by atoms with Crippen molar-refractivity contribution < 1.29 is 14.3 Å². The van der Waals surface area contributed by atoms with Crippen LogP contribution in [0.2, 0.25) is 0 Å². The minimum absolute atomic E-state index is 0.0561. The number of aromatic nitrogens is 4. The highest BCUT2D eigenvalue weighted by Gasteiger charge is 2.33. The van der Waals surface area contributed by atoms with Crippen molar-refractivity contribution in [3.05, 3.63) is 35.8 Å². The maximum Gasteiger partial charge on any atom is 0.255 e. The second-order valence-corrected chi connectivity index (χ2v) is 6.56. The normalized spacial score (nSPS) is 17.5. The van der Waals surface area contributed by atoms with Crippen molar-refractivity contribution >= 4 is 11.8 Å². The molecule has 2 fully saturated rings. The number of amides is 2. The molecule has 0 spiro atoms. The lowest BCUT2D eigenvalue weighted by Gasteiger charge is -2.38. The van der Waals surface area contributed by atoms with E-state index in [1.165, 1.54) is 13.3 Å². The number of ether oxygens (including phenoxy) is 1. The fourth-order valence-electron chi connectivity index (χ4n) is 3.23. The quantitative estimate of drug-likeness (QED) is 0.774. The van der Waals surface area contributed by atoms with E-state index in [-0.39, 0.29) is 17.9 Å². The highest BCUT2D eigenvalue weighted by atomic mass is 16.5. The van der Waals surface area contributed by atoms with E-state index in [0.717, 1.165) is 18.7 Å². The Morgan fingerprint density at radius 2 is 2.19 bits per heavy atom. The maximum atomic E-state index is 12.4.